The zero-order valence-electron chi connectivity index (χ0n) is 10.2. The van der Waals surface area contributed by atoms with Crippen LogP contribution >= 0.6 is 23.2 Å². The van der Waals surface area contributed by atoms with Crippen molar-refractivity contribution >= 4 is 34.8 Å². The van der Waals surface area contributed by atoms with Gasteiger partial charge in [-0.2, -0.15) is 0 Å². The van der Waals surface area contributed by atoms with E-state index < -0.39 is 11.7 Å². The Morgan fingerprint density at radius 3 is 2.35 bits per heavy atom. The minimum absolute atomic E-state index is 0.119. The number of hydrogen-bond donors (Lipinski definition) is 2. The number of aromatic hydroxyl groups is 1. The number of hydrogen-bond acceptors (Lipinski definition) is 2. The van der Waals surface area contributed by atoms with Crippen LogP contribution in [0.5, 0.6) is 5.75 Å². The summed E-state index contributed by atoms with van der Waals surface area (Å²) < 4.78 is 13.5. The van der Waals surface area contributed by atoms with E-state index in [2.05, 4.69) is 5.32 Å². The molecule has 0 spiro atoms. The first-order valence-corrected chi connectivity index (χ1v) is 6.45. The van der Waals surface area contributed by atoms with Gasteiger partial charge < -0.3 is 10.4 Å². The predicted molar refractivity (Wildman–Crippen MR) is 76.9 cm³/mol. The molecule has 0 heterocycles. The highest BCUT2D eigenvalue weighted by Crippen LogP contribution is 2.28. The topological polar surface area (TPSA) is 49.3 Å². The maximum absolute atomic E-state index is 13.5. The molecule has 0 bridgehead atoms. The molecule has 0 aliphatic carbocycles. The van der Waals surface area contributed by atoms with Crippen molar-refractivity contribution < 1.29 is 14.3 Å². The molecule has 0 aromatic heterocycles. The molecule has 2 aromatic carbocycles. The summed E-state index contributed by atoms with van der Waals surface area (Å²) >= 11 is 11.9. The van der Waals surface area contributed by atoms with Gasteiger partial charge in [0, 0.05) is 10.0 Å². The number of carbonyl (C=O) groups is 1. The second kappa shape index (κ2) is 6.11. The highest BCUT2D eigenvalue weighted by atomic mass is 35.5. The standard InChI is InChI=1S/C14H10Cl2FNO2/c15-9-3-1-4-10(16)8(9)7-13(20)18-14-11(17)5-2-6-12(14)19/h1-6,19H,7H2,(H,18,20). The van der Waals surface area contributed by atoms with Gasteiger partial charge in [0.1, 0.15) is 11.4 Å². The number of para-hydroxylation sites is 1. The quantitative estimate of drug-likeness (QED) is 0.841. The van der Waals surface area contributed by atoms with Crippen LogP contribution in [-0.2, 0) is 11.2 Å². The van der Waals surface area contributed by atoms with E-state index in [4.69, 9.17) is 23.2 Å². The van der Waals surface area contributed by atoms with Crippen molar-refractivity contribution in [2.24, 2.45) is 0 Å². The number of benzene rings is 2. The van der Waals surface area contributed by atoms with E-state index in [0.29, 0.717) is 15.6 Å². The van der Waals surface area contributed by atoms with Gasteiger partial charge in [0.15, 0.2) is 5.82 Å². The number of nitrogens with one attached hydrogen (secondary N) is 1. The molecular formula is C14H10Cl2FNO2. The average molecular weight is 314 g/mol. The van der Waals surface area contributed by atoms with Crippen molar-refractivity contribution in [3.8, 4) is 5.75 Å². The monoisotopic (exact) mass is 313 g/mol. The third-order valence-corrected chi connectivity index (χ3v) is 3.36. The Bertz CT molecular complexity index is 566. The average Bonchev–Trinajstić information content (AvgIpc) is 2.39. The van der Waals surface area contributed by atoms with Crippen LogP contribution in [0.1, 0.15) is 5.56 Å². The number of anilines is 1. The molecule has 3 nitrogen and oxygen atoms in total. The number of amides is 1. The maximum atomic E-state index is 13.5. The summed E-state index contributed by atoms with van der Waals surface area (Å²) in [7, 11) is 0. The maximum Gasteiger partial charge on any atom is 0.229 e. The van der Waals surface area contributed by atoms with Gasteiger partial charge in [-0.3, -0.25) is 4.79 Å². The lowest BCUT2D eigenvalue weighted by atomic mass is 10.1. The molecule has 20 heavy (non-hydrogen) atoms. The second-order valence-corrected chi connectivity index (χ2v) is 4.87. The number of rotatable bonds is 3. The number of phenolic OH excluding ortho intramolecular Hbond substituents is 1. The molecule has 6 heteroatoms. The Morgan fingerprint density at radius 1 is 1.15 bits per heavy atom. The minimum Gasteiger partial charge on any atom is -0.506 e. The molecule has 0 saturated heterocycles. The SMILES string of the molecule is O=C(Cc1c(Cl)cccc1Cl)Nc1c(O)cccc1F. The molecule has 0 radical (unpaired) electrons. The number of phenols is 1. The summed E-state index contributed by atoms with van der Waals surface area (Å²) in [5, 5.41) is 12.5. The molecule has 0 unspecified atom stereocenters. The molecule has 1 amide bonds. The van der Waals surface area contributed by atoms with Gasteiger partial charge in [-0.25, -0.2) is 4.39 Å². The zero-order valence-corrected chi connectivity index (χ0v) is 11.7. The van der Waals surface area contributed by atoms with Crippen molar-refractivity contribution in [1.82, 2.24) is 0 Å². The Kier molecular flexibility index (Phi) is 4.47. The van der Waals surface area contributed by atoms with Crippen molar-refractivity contribution in [2.75, 3.05) is 5.32 Å². The number of halogens is 3. The molecule has 0 atom stereocenters. The highest BCUT2D eigenvalue weighted by Gasteiger charge is 2.14. The van der Waals surface area contributed by atoms with Gasteiger partial charge in [0.25, 0.3) is 0 Å². The lowest BCUT2D eigenvalue weighted by Crippen LogP contribution is -2.16. The highest BCUT2D eigenvalue weighted by molar-refractivity contribution is 6.36. The molecule has 0 saturated carbocycles. The van der Waals surface area contributed by atoms with Gasteiger partial charge in [-0.1, -0.05) is 35.3 Å². The summed E-state index contributed by atoms with van der Waals surface area (Å²) in [5.41, 5.74) is 0.185. The molecule has 2 aromatic rings. The van der Waals surface area contributed by atoms with Crippen molar-refractivity contribution in [2.45, 2.75) is 6.42 Å². The van der Waals surface area contributed by atoms with E-state index in [0.717, 1.165) is 6.07 Å². The van der Waals surface area contributed by atoms with E-state index in [1.54, 1.807) is 18.2 Å². The molecular weight excluding hydrogens is 304 g/mol. The van der Waals surface area contributed by atoms with E-state index >= 15 is 0 Å². The fraction of sp³-hybridized carbons (Fsp3) is 0.0714. The Morgan fingerprint density at radius 2 is 1.75 bits per heavy atom. The summed E-state index contributed by atoms with van der Waals surface area (Å²) in [5.74, 6) is -1.59. The van der Waals surface area contributed by atoms with Crippen LogP contribution in [-0.4, -0.2) is 11.0 Å². The third-order valence-electron chi connectivity index (χ3n) is 2.66. The van der Waals surface area contributed by atoms with Gasteiger partial charge in [0.05, 0.1) is 6.42 Å². The summed E-state index contributed by atoms with van der Waals surface area (Å²) in [6.07, 6.45) is -0.119. The number of carbonyl (C=O) groups excluding carboxylic acids is 1. The van der Waals surface area contributed by atoms with Crippen molar-refractivity contribution in [3.63, 3.8) is 0 Å². The van der Waals surface area contributed by atoms with E-state index in [9.17, 15) is 14.3 Å². The fourth-order valence-electron chi connectivity index (χ4n) is 1.68. The first-order chi connectivity index (χ1) is 9.49. The van der Waals surface area contributed by atoms with Crippen molar-refractivity contribution in [1.29, 1.82) is 0 Å². The van der Waals surface area contributed by atoms with Gasteiger partial charge in [-0.05, 0) is 29.8 Å². The Balaban J connectivity index is 2.18. The lowest BCUT2D eigenvalue weighted by molar-refractivity contribution is -0.115. The first-order valence-electron chi connectivity index (χ1n) is 5.69. The van der Waals surface area contributed by atoms with Crippen LogP contribution in [0.3, 0.4) is 0 Å². The molecule has 2 rings (SSSR count). The zero-order chi connectivity index (χ0) is 14.7. The minimum atomic E-state index is -0.719. The van der Waals surface area contributed by atoms with E-state index in [1.807, 2.05) is 0 Å². The van der Waals surface area contributed by atoms with Crippen LogP contribution in [0.4, 0.5) is 10.1 Å². The molecule has 0 fully saturated rings. The second-order valence-electron chi connectivity index (χ2n) is 4.06. The normalized spacial score (nSPS) is 10.3. The summed E-state index contributed by atoms with van der Waals surface area (Å²) in [6, 6.07) is 8.63. The van der Waals surface area contributed by atoms with E-state index in [-0.39, 0.29) is 17.9 Å². The van der Waals surface area contributed by atoms with Gasteiger partial charge in [-0.15, -0.1) is 0 Å². The lowest BCUT2D eigenvalue weighted by Gasteiger charge is -2.10. The van der Waals surface area contributed by atoms with E-state index in [1.165, 1.54) is 12.1 Å². The van der Waals surface area contributed by atoms with Crippen molar-refractivity contribution in [3.05, 3.63) is 57.8 Å². The first kappa shape index (κ1) is 14.6. The van der Waals surface area contributed by atoms with Gasteiger partial charge >= 0.3 is 0 Å². The Hall–Kier alpha value is -1.78. The van der Waals surface area contributed by atoms with Crippen LogP contribution in [0, 0.1) is 5.82 Å². The predicted octanol–water partition coefficient (Wildman–Crippen LogP) is 4.02. The Labute approximate surface area is 124 Å². The van der Waals surface area contributed by atoms with Gasteiger partial charge in [0.2, 0.25) is 5.91 Å². The molecule has 104 valence electrons. The smallest absolute Gasteiger partial charge is 0.229 e. The third kappa shape index (κ3) is 3.21. The fourth-order valence-corrected chi connectivity index (χ4v) is 2.21. The largest absolute Gasteiger partial charge is 0.506 e. The molecule has 2 N–H and O–H groups in total. The van der Waals surface area contributed by atoms with Crippen LogP contribution in [0.2, 0.25) is 10.0 Å². The van der Waals surface area contributed by atoms with Crippen LogP contribution in [0.25, 0.3) is 0 Å². The van der Waals surface area contributed by atoms with Crippen LogP contribution in [0.15, 0.2) is 36.4 Å². The molecule has 0 aliphatic rings. The summed E-state index contributed by atoms with van der Waals surface area (Å²) in [4.78, 5) is 11.9. The molecule has 0 aliphatic heterocycles. The van der Waals surface area contributed by atoms with Crippen LogP contribution < -0.4 is 5.32 Å². The summed E-state index contributed by atoms with van der Waals surface area (Å²) in [6.45, 7) is 0.